The lowest BCUT2D eigenvalue weighted by Gasteiger charge is -2.03. The molecule has 0 saturated carbocycles. The molecule has 2 rings (SSSR count). The quantitative estimate of drug-likeness (QED) is 0.827. The van der Waals surface area contributed by atoms with Crippen LogP contribution in [0.4, 0.5) is 5.82 Å². The zero-order valence-electron chi connectivity index (χ0n) is 9.74. The number of nitrogens with zero attached hydrogens (tertiary/aromatic N) is 1. The van der Waals surface area contributed by atoms with Crippen LogP contribution in [0.1, 0.15) is 11.3 Å². The Labute approximate surface area is 99.6 Å². The van der Waals surface area contributed by atoms with Gasteiger partial charge < -0.3 is 15.5 Å². The van der Waals surface area contributed by atoms with Crippen LogP contribution in [0.5, 0.6) is 5.75 Å². The van der Waals surface area contributed by atoms with E-state index in [1.54, 1.807) is 7.11 Å². The van der Waals surface area contributed by atoms with Gasteiger partial charge in [0.1, 0.15) is 23.2 Å². The highest BCUT2D eigenvalue weighted by Crippen LogP contribution is 2.31. The van der Waals surface area contributed by atoms with E-state index in [1.807, 2.05) is 31.2 Å². The Morgan fingerprint density at radius 1 is 1.29 bits per heavy atom. The molecule has 0 radical (unpaired) electrons. The van der Waals surface area contributed by atoms with Gasteiger partial charge in [-0.3, -0.25) is 0 Å². The minimum absolute atomic E-state index is 0.413. The number of ether oxygens (including phenoxy) is 1. The van der Waals surface area contributed by atoms with E-state index in [0.717, 1.165) is 22.6 Å². The Morgan fingerprint density at radius 3 is 2.47 bits per heavy atom. The van der Waals surface area contributed by atoms with Gasteiger partial charge >= 0.3 is 0 Å². The van der Waals surface area contributed by atoms with Crippen molar-refractivity contribution in [3.05, 3.63) is 35.5 Å². The Kier molecular flexibility index (Phi) is 2.75. The minimum atomic E-state index is 0.413. The maximum absolute atomic E-state index is 9.10. The third kappa shape index (κ3) is 1.83. The summed E-state index contributed by atoms with van der Waals surface area (Å²) in [7, 11) is 1.62. The molecule has 0 aliphatic heterocycles. The van der Waals surface area contributed by atoms with Crippen LogP contribution in [0.3, 0.4) is 0 Å². The van der Waals surface area contributed by atoms with Crippen molar-refractivity contribution in [1.82, 2.24) is 4.98 Å². The monoisotopic (exact) mass is 227 g/mol. The molecule has 0 bridgehead atoms. The zero-order valence-corrected chi connectivity index (χ0v) is 9.74. The molecule has 2 aromatic rings. The number of rotatable bonds is 2. The van der Waals surface area contributed by atoms with Gasteiger partial charge in [0.15, 0.2) is 0 Å². The number of anilines is 1. The molecule has 17 heavy (non-hydrogen) atoms. The van der Waals surface area contributed by atoms with Crippen LogP contribution in [0.15, 0.2) is 24.3 Å². The number of hydrogen-bond acceptors (Lipinski definition) is 3. The van der Waals surface area contributed by atoms with Crippen molar-refractivity contribution in [3.63, 3.8) is 0 Å². The second-order valence-electron chi connectivity index (χ2n) is 3.75. The Hall–Kier alpha value is -2.41. The summed E-state index contributed by atoms with van der Waals surface area (Å²) in [6.07, 6.45) is 0. The average Bonchev–Trinajstić information content (AvgIpc) is 2.63. The molecule has 0 amide bonds. The molecule has 4 heteroatoms. The van der Waals surface area contributed by atoms with E-state index in [9.17, 15) is 0 Å². The molecule has 86 valence electrons. The summed E-state index contributed by atoms with van der Waals surface area (Å²) in [5, 5.41) is 9.10. The van der Waals surface area contributed by atoms with Crippen molar-refractivity contribution in [2.45, 2.75) is 6.92 Å². The summed E-state index contributed by atoms with van der Waals surface area (Å²) in [6.45, 7) is 1.90. The molecule has 1 heterocycles. The highest BCUT2D eigenvalue weighted by atomic mass is 16.5. The van der Waals surface area contributed by atoms with Crippen LogP contribution < -0.4 is 10.5 Å². The van der Waals surface area contributed by atoms with Crippen LogP contribution >= 0.6 is 0 Å². The lowest BCUT2D eigenvalue weighted by atomic mass is 10.0. The fourth-order valence-corrected chi connectivity index (χ4v) is 1.88. The van der Waals surface area contributed by atoms with Crippen LogP contribution in [0.25, 0.3) is 11.1 Å². The van der Waals surface area contributed by atoms with E-state index in [-0.39, 0.29) is 0 Å². The third-order valence-corrected chi connectivity index (χ3v) is 2.71. The maximum atomic E-state index is 9.10. The number of aryl methyl sites for hydroxylation is 1. The highest BCUT2D eigenvalue weighted by molar-refractivity contribution is 5.79. The zero-order chi connectivity index (χ0) is 12.4. The van der Waals surface area contributed by atoms with Crippen molar-refractivity contribution in [3.8, 4) is 22.9 Å². The first-order chi connectivity index (χ1) is 8.17. The summed E-state index contributed by atoms with van der Waals surface area (Å²) >= 11 is 0. The first-order valence-electron chi connectivity index (χ1n) is 5.20. The number of nitriles is 1. The second-order valence-corrected chi connectivity index (χ2v) is 3.75. The summed E-state index contributed by atoms with van der Waals surface area (Å²) in [4.78, 5) is 2.98. The number of nitrogens with one attached hydrogen (secondary N) is 1. The van der Waals surface area contributed by atoms with Crippen LogP contribution in [0.2, 0.25) is 0 Å². The largest absolute Gasteiger partial charge is 0.497 e. The number of methoxy groups -OCH3 is 1. The number of aromatic nitrogens is 1. The lowest BCUT2D eigenvalue weighted by molar-refractivity contribution is 0.415. The van der Waals surface area contributed by atoms with E-state index < -0.39 is 0 Å². The van der Waals surface area contributed by atoms with Gasteiger partial charge in [0.2, 0.25) is 0 Å². The number of hydrogen-bond donors (Lipinski definition) is 2. The normalized spacial score (nSPS) is 9.94. The van der Waals surface area contributed by atoms with Crippen molar-refractivity contribution in [2.24, 2.45) is 0 Å². The predicted octanol–water partition coefficient (Wildman–Crippen LogP) is 2.45. The third-order valence-electron chi connectivity index (χ3n) is 2.71. The Morgan fingerprint density at radius 2 is 1.94 bits per heavy atom. The van der Waals surface area contributed by atoms with Gasteiger partial charge in [-0.15, -0.1) is 0 Å². The Balaban J connectivity index is 2.56. The van der Waals surface area contributed by atoms with Gasteiger partial charge in [-0.1, -0.05) is 12.1 Å². The molecular formula is C13H13N3O. The van der Waals surface area contributed by atoms with Gasteiger partial charge in [0, 0.05) is 11.3 Å². The molecule has 0 saturated heterocycles. The molecule has 3 N–H and O–H groups in total. The maximum Gasteiger partial charge on any atom is 0.119 e. The van der Waals surface area contributed by atoms with E-state index in [4.69, 9.17) is 15.7 Å². The van der Waals surface area contributed by atoms with Crippen molar-refractivity contribution < 1.29 is 4.74 Å². The lowest BCUT2D eigenvalue weighted by Crippen LogP contribution is -1.88. The fourth-order valence-electron chi connectivity index (χ4n) is 1.88. The fraction of sp³-hybridized carbons (Fsp3) is 0.154. The summed E-state index contributed by atoms with van der Waals surface area (Å²) < 4.78 is 5.10. The van der Waals surface area contributed by atoms with Gasteiger partial charge in [0.25, 0.3) is 0 Å². The molecule has 0 unspecified atom stereocenters. The first kappa shape index (κ1) is 11.1. The number of aromatic amines is 1. The first-order valence-corrected chi connectivity index (χ1v) is 5.20. The number of nitrogens with two attached hydrogens (primary N) is 1. The predicted molar refractivity (Wildman–Crippen MR) is 66.6 cm³/mol. The summed E-state index contributed by atoms with van der Waals surface area (Å²) in [5.41, 5.74) is 8.94. The van der Waals surface area contributed by atoms with Gasteiger partial charge in [-0.2, -0.15) is 5.26 Å². The molecule has 0 aliphatic carbocycles. The van der Waals surface area contributed by atoms with Crippen LogP contribution in [-0.4, -0.2) is 12.1 Å². The summed E-state index contributed by atoms with van der Waals surface area (Å²) in [5.74, 6) is 1.20. The number of H-pyrrole nitrogens is 1. The molecule has 0 atom stereocenters. The second kappa shape index (κ2) is 4.22. The molecule has 0 aliphatic rings. The molecule has 0 fully saturated rings. The van der Waals surface area contributed by atoms with Gasteiger partial charge in [-0.05, 0) is 24.6 Å². The SMILES string of the molecule is COc1ccc(-c2c(C)[nH]c(N)c2C#N)cc1. The van der Waals surface area contributed by atoms with Crippen molar-refractivity contribution in [2.75, 3.05) is 12.8 Å². The van der Waals surface area contributed by atoms with Crippen LogP contribution in [0, 0.1) is 18.3 Å². The highest BCUT2D eigenvalue weighted by Gasteiger charge is 2.14. The molecule has 1 aromatic heterocycles. The molecule has 1 aromatic carbocycles. The van der Waals surface area contributed by atoms with E-state index in [0.29, 0.717) is 11.4 Å². The average molecular weight is 227 g/mol. The topological polar surface area (TPSA) is 74.8 Å². The smallest absolute Gasteiger partial charge is 0.119 e. The van der Waals surface area contributed by atoms with Crippen molar-refractivity contribution in [1.29, 1.82) is 5.26 Å². The number of benzene rings is 1. The van der Waals surface area contributed by atoms with E-state index in [1.165, 1.54) is 0 Å². The van der Waals surface area contributed by atoms with Gasteiger partial charge in [0.05, 0.1) is 7.11 Å². The van der Waals surface area contributed by atoms with Crippen LogP contribution in [-0.2, 0) is 0 Å². The van der Waals surface area contributed by atoms with Gasteiger partial charge in [-0.25, -0.2) is 0 Å². The van der Waals surface area contributed by atoms with E-state index >= 15 is 0 Å². The number of nitrogen functional groups attached to an aromatic ring is 1. The minimum Gasteiger partial charge on any atom is -0.497 e. The molecule has 4 nitrogen and oxygen atoms in total. The molecule has 0 spiro atoms. The standard InChI is InChI=1S/C13H13N3O/c1-8-12(11(7-14)13(15)16-8)9-3-5-10(17-2)6-4-9/h3-6,16H,15H2,1-2H3. The molecular weight excluding hydrogens is 214 g/mol. The van der Waals surface area contributed by atoms with Crippen molar-refractivity contribution >= 4 is 5.82 Å². The van der Waals surface area contributed by atoms with E-state index in [2.05, 4.69) is 11.1 Å². The summed E-state index contributed by atoms with van der Waals surface area (Å²) in [6, 6.07) is 9.67. The Bertz CT molecular complexity index is 576.